The summed E-state index contributed by atoms with van der Waals surface area (Å²) >= 11 is 0. The zero-order valence-corrected chi connectivity index (χ0v) is 9.62. The molecule has 1 aliphatic rings. The molecule has 0 spiro atoms. The quantitative estimate of drug-likeness (QED) is 0.793. The monoisotopic (exact) mass is 216 g/mol. The predicted molar refractivity (Wildman–Crippen MR) is 62.1 cm³/mol. The van der Waals surface area contributed by atoms with Crippen molar-refractivity contribution >= 4 is 0 Å². The molecule has 16 heavy (non-hydrogen) atoms. The van der Waals surface area contributed by atoms with Crippen molar-refractivity contribution in [1.82, 2.24) is 0 Å². The van der Waals surface area contributed by atoms with Crippen LogP contribution in [0.15, 0.2) is 12.1 Å². The Balaban J connectivity index is 2.53. The molecule has 0 aromatic heterocycles. The molecule has 3 heteroatoms. The van der Waals surface area contributed by atoms with Crippen LogP contribution in [0, 0.1) is 18.3 Å². The van der Waals surface area contributed by atoms with Crippen LogP contribution in [0.1, 0.15) is 36.5 Å². The Morgan fingerprint density at radius 1 is 1.50 bits per heavy atom. The molecule has 0 saturated heterocycles. The van der Waals surface area contributed by atoms with E-state index in [1.807, 2.05) is 26.0 Å². The van der Waals surface area contributed by atoms with E-state index in [0.717, 1.165) is 24.0 Å². The van der Waals surface area contributed by atoms with Crippen LogP contribution in [0.4, 0.5) is 0 Å². The van der Waals surface area contributed by atoms with Crippen LogP contribution in [-0.2, 0) is 5.41 Å². The Hall–Kier alpha value is -1.53. The van der Waals surface area contributed by atoms with E-state index in [1.54, 1.807) is 6.07 Å². The number of rotatable bonds is 2. The molecule has 1 aliphatic carbocycles. The van der Waals surface area contributed by atoms with Gasteiger partial charge >= 0.3 is 0 Å². The van der Waals surface area contributed by atoms with E-state index in [9.17, 15) is 5.11 Å². The van der Waals surface area contributed by atoms with Gasteiger partial charge in [-0.1, -0.05) is 6.07 Å². The summed E-state index contributed by atoms with van der Waals surface area (Å²) < 4.78 is 0. The number of phenolic OH excluding ortho intramolecular Hbond substituents is 1. The molecule has 3 N–H and O–H groups in total. The van der Waals surface area contributed by atoms with Crippen molar-refractivity contribution in [2.24, 2.45) is 5.73 Å². The van der Waals surface area contributed by atoms with Gasteiger partial charge in [-0.25, -0.2) is 0 Å². The molecule has 1 aromatic carbocycles. The van der Waals surface area contributed by atoms with Gasteiger partial charge < -0.3 is 10.8 Å². The molecule has 0 amide bonds. The maximum absolute atomic E-state index is 9.69. The number of aryl methyl sites for hydroxylation is 1. The van der Waals surface area contributed by atoms with E-state index in [0.29, 0.717) is 5.56 Å². The van der Waals surface area contributed by atoms with Crippen LogP contribution >= 0.6 is 0 Å². The lowest BCUT2D eigenvalue weighted by Crippen LogP contribution is -2.31. The Bertz CT molecular complexity index is 468. The van der Waals surface area contributed by atoms with Gasteiger partial charge in [-0.15, -0.1) is 0 Å². The van der Waals surface area contributed by atoms with Gasteiger partial charge in [0.1, 0.15) is 11.8 Å². The number of hydrogen-bond acceptors (Lipinski definition) is 3. The second-order valence-electron chi connectivity index (χ2n) is 4.75. The highest BCUT2D eigenvalue weighted by atomic mass is 16.3. The van der Waals surface area contributed by atoms with Crippen molar-refractivity contribution in [2.75, 3.05) is 0 Å². The van der Waals surface area contributed by atoms with Crippen molar-refractivity contribution < 1.29 is 5.11 Å². The second-order valence-corrected chi connectivity index (χ2v) is 4.75. The predicted octanol–water partition coefficient (Wildman–Crippen LogP) is 1.95. The fourth-order valence-corrected chi connectivity index (χ4v) is 2.29. The summed E-state index contributed by atoms with van der Waals surface area (Å²) in [5.74, 6) is 0.0896. The highest BCUT2D eigenvalue weighted by molar-refractivity contribution is 5.52. The molecular formula is C13H16N2O. The van der Waals surface area contributed by atoms with Gasteiger partial charge in [-0.05, 0) is 43.9 Å². The first kappa shape index (κ1) is 11.0. The van der Waals surface area contributed by atoms with Crippen molar-refractivity contribution in [3.05, 3.63) is 28.8 Å². The first-order valence-electron chi connectivity index (χ1n) is 5.51. The Morgan fingerprint density at radius 3 is 2.56 bits per heavy atom. The van der Waals surface area contributed by atoms with E-state index < -0.39 is 0 Å². The van der Waals surface area contributed by atoms with Gasteiger partial charge in [0.15, 0.2) is 0 Å². The van der Waals surface area contributed by atoms with E-state index >= 15 is 0 Å². The Labute approximate surface area is 95.5 Å². The number of nitrogens with two attached hydrogens (primary N) is 1. The van der Waals surface area contributed by atoms with Gasteiger partial charge in [0.25, 0.3) is 0 Å². The van der Waals surface area contributed by atoms with Crippen LogP contribution in [0.5, 0.6) is 5.75 Å². The standard InChI is InChI=1S/C13H16N2O/c1-8-5-11(6-10(7-14)12(8)16)13(3-4-13)9(2)15/h5-6,9,16H,3-4,15H2,1-2H3. The summed E-state index contributed by atoms with van der Waals surface area (Å²) in [4.78, 5) is 0. The SMILES string of the molecule is Cc1cc(C2(C(C)N)CC2)cc(C#N)c1O. The van der Waals surface area contributed by atoms with Gasteiger partial charge in [0.05, 0.1) is 5.56 Å². The molecule has 1 aromatic rings. The maximum Gasteiger partial charge on any atom is 0.136 e. The lowest BCUT2D eigenvalue weighted by Gasteiger charge is -2.21. The van der Waals surface area contributed by atoms with Crippen LogP contribution in [0.3, 0.4) is 0 Å². The minimum atomic E-state index is 0.0318. The molecule has 3 nitrogen and oxygen atoms in total. The highest BCUT2D eigenvalue weighted by Gasteiger charge is 2.47. The lowest BCUT2D eigenvalue weighted by molar-refractivity contribution is 0.467. The van der Waals surface area contributed by atoms with Crippen molar-refractivity contribution in [3.63, 3.8) is 0 Å². The minimum Gasteiger partial charge on any atom is -0.506 e. The van der Waals surface area contributed by atoms with E-state index in [2.05, 4.69) is 0 Å². The zero-order valence-electron chi connectivity index (χ0n) is 9.62. The number of phenols is 1. The largest absolute Gasteiger partial charge is 0.506 e. The molecule has 0 aliphatic heterocycles. The summed E-state index contributed by atoms with van der Waals surface area (Å²) in [6, 6.07) is 5.84. The zero-order chi connectivity index (χ0) is 11.9. The van der Waals surface area contributed by atoms with Crippen LogP contribution in [-0.4, -0.2) is 11.1 Å². The number of nitrogens with zero attached hydrogens (tertiary/aromatic N) is 1. The first-order chi connectivity index (χ1) is 7.51. The van der Waals surface area contributed by atoms with Crippen LogP contribution in [0.2, 0.25) is 0 Å². The third-order valence-corrected chi connectivity index (χ3v) is 3.66. The fourth-order valence-electron chi connectivity index (χ4n) is 2.29. The maximum atomic E-state index is 9.69. The minimum absolute atomic E-state index is 0.0318. The fraction of sp³-hybridized carbons (Fsp3) is 0.462. The molecule has 0 bridgehead atoms. The molecule has 84 valence electrons. The summed E-state index contributed by atoms with van der Waals surface area (Å²) in [5, 5.41) is 18.6. The molecule has 1 unspecified atom stereocenters. The normalized spacial score (nSPS) is 18.9. The third-order valence-electron chi connectivity index (χ3n) is 3.66. The van der Waals surface area contributed by atoms with Crippen LogP contribution < -0.4 is 5.73 Å². The van der Waals surface area contributed by atoms with Crippen molar-refractivity contribution in [3.8, 4) is 11.8 Å². The van der Waals surface area contributed by atoms with Gasteiger partial charge in [0.2, 0.25) is 0 Å². The Morgan fingerprint density at radius 2 is 2.12 bits per heavy atom. The van der Waals surface area contributed by atoms with Gasteiger partial charge in [-0.2, -0.15) is 5.26 Å². The average Bonchev–Trinajstić information content (AvgIpc) is 3.02. The van der Waals surface area contributed by atoms with E-state index in [-0.39, 0.29) is 17.2 Å². The molecule has 1 atom stereocenters. The van der Waals surface area contributed by atoms with Gasteiger partial charge in [0, 0.05) is 11.5 Å². The second kappa shape index (κ2) is 3.50. The molecule has 2 rings (SSSR count). The number of hydrogen-bond donors (Lipinski definition) is 2. The van der Waals surface area contributed by atoms with Crippen molar-refractivity contribution in [2.45, 2.75) is 38.1 Å². The summed E-state index contributed by atoms with van der Waals surface area (Å²) in [6.45, 7) is 3.82. The average molecular weight is 216 g/mol. The smallest absolute Gasteiger partial charge is 0.136 e. The molecule has 0 heterocycles. The van der Waals surface area contributed by atoms with Gasteiger partial charge in [-0.3, -0.25) is 0 Å². The number of aromatic hydroxyl groups is 1. The highest BCUT2D eigenvalue weighted by Crippen LogP contribution is 2.51. The van der Waals surface area contributed by atoms with E-state index in [1.165, 1.54) is 0 Å². The summed E-state index contributed by atoms with van der Waals surface area (Å²) in [6.07, 6.45) is 2.14. The number of nitriles is 1. The molecule has 1 saturated carbocycles. The first-order valence-corrected chi connectivity index (χ1v) is 5.51. The number of benzene rings is 1. The molecule has 1 fully saturated rings. The lowest BCUT2D eigenvalue weighted by atomic mass is 9.87. The van der Waals surface area contributed by atoms with E-state index in [4.69, 9.17) is 11.0 Å². The van der Waals surface area contributed by atoms with Crippen LogP contribution in [0.25, 0.3) is 0 Å². The third kappa shape index (κ3) is 1.46. The molecule has 0 radical (unpaired) electrons. The summed E-state index contributed by atoms with van der Waals surface area (Å²) in [7, 11) is 0. The van der Waals surface area contributed by atoms with Crippen molar-refractivity contribution in [1.29, 1.82) is 5.26 Å². The summed E-state index contributed by atoms with van der Waals surface area (Å²) in [5.41, 5.74) is 8.22. The topological polar surface area (TPSA) is 70.0 Å². The Kier molecular flexibility index (Phi) is 2.40. The molecular weight excluding hydrogens is 200 g/mol.